The van der Waals surface area contributed by atoms with Gasteiger partial charge in [0.1, 0.15) is 5.75 Å². The Hall–Kier alpha value is -2.78. The Morgan fingerprint density at radius 1 is 0.875 bits per heavy atom. The zero-order valence-corrected chi connectivity index (χ0v) is 13.6. The van der Waals surface area contributed by atoms with Gasteiger partial charge < -0.3 is 9.57 Å². The molecule has 3 aromatic rings. The van der Waals surface area contributed by atoms with Gasteiger partial charge in [0.15, 0.2) is 5.75 Å². The van der Waals surface area contributed by atoms with E-state index in [0.717, 1.165) is 18.0 Å². The van der Waals surface area contributed by atoms with Gasteiger partial charge in [0.05, 0.1) is 19.7 Å². The van der Waals surface area contributed by atoms with Crippen molar-refractivity contribution >= 4 is 0 Å². The lowest BCUT2D eigenvalue weighted by atomic mass is 9.98. The highest BCUT2D eigenvalue weighted by Crippen LogP contribution is 2.42. The van der Waals surface area contributed by atoms with Gasteiger partial charge in [-0.15, -0.1) is 5.06 Å². The van der Waals surface area contributed by atoms with Crippen LogP contribution in [-0.2, 0) is 6.54 Å². The SMILES string of the molecule is COc1ccc(C2c3ccccc3ON2Cc2ccccc2)cc1. The molecule has 3 heteroatoms. The van der Waals surface area contributed by atoms with E-state index in [-0.39, 0.29) is 6.04 Å². The predicted molar refractivity (Wildman–Crippen MR) is 93.9 cm³/mol. The van der Waals surface area contributed by atoms with E-state index in [0.29, 0.717) is 0 Å². The molecule has 0 saturated heterocycles. The molecule has 120 valence electrons. The monoisotopic (exact) mass is 317 g/mol. The van der Waals surface area contributed by atoms with Gasteiger partial charge in [-0.3, -0.25) is 0 Å². The molecule has 0 fully saturated rings. The van der Waals surface area contributed by atoms with Crippen LogP contribution in [0.15, 0.2) is 78.9 Å². The van der Waals surface area contributed by atoms with Gasteiger partial charge in [-0.25, -0.2) is 0 Å². The number of benzene rings is 3. The average Bonchev–Trinajstić information content (AvgIpc) is 3.00. The molecular formula is C21H19NO2. The number of hydrogen-bond acceptors (Lipinski definition) is 3. The second kappa shape index (κ2) is 6.38. The van der Waals surface area contributed by atoms with Crippen molar-refractivity contribution in [3.05, 3.63) is 95.6 Å². The molecule has 0 radical (unpaired) electrons. The molecular weight excluding hydrogens is 298 g/mol. The first-order valence-electron chi connectivity index (χ1n) is 8.06. The van der Waals surface area contributed by atoms with E-state index in [1.165, 1.54) is 16.7 Å². The summed E-state index contributed by atoms with van der Waals surface area (Å²) in [6.07, 6.45) is 0. The fourth-order valence-corrected chi connectivity index (χ4v) is 3.14. The summed E-state index contributed by atoms with van der Waals surface area (Å²) in [6.45, 7) is 0.728. The number of para-hydroxylation sites is 1. The summed E-state index contributed by atoms with van der Waals surface area (Å²) in [5.74, 6) is 1.79. The van der Waals surface area contributed by atoms with E-state index >= 15 is 0 Å². The second-order valence-electron chi connectivity index (χ2n) is 5.87. The van der Waals surface area contributed by atoms with Crippen molar-refractivity contribution < 1.29 is 9.57 Å². The molecule has 1 aliphatic heterocycles. The zero-order valence-electron chi connectivity index (χ0n) is 13.6. The van der Waals surface area contributed by atoms with Crippen LogP contribution in [0.25, 0.3) is 0 Å². The summed E-state index contributed by atoms with van der Waals surface area (Å²) in [5, 5.41) is 2.04. The average molecular weight is 317 g/mol. The highest BCUT2D eigenvalue weighted by atomic mass is 16.7. The molecule has 4 rings (SSSR count). The largest absolute Gasteiger partial charge is 0.497 e. The van der Waals surface area contributed by atoms with Gasteiger partial charge >= 0.3 is 0 Å². The summed E-state index contributed by atoms with van der Waals surface area (Å²) >= 11 is 0. The van der Waals surface area contributed by atoms with Crippen LogP contribution in [0.4, 0.5) is 0 Å². The lowest BCUT2D eigenvalue weighted by Gasteiger charge is -2.23. The zero-order chi connectivity index (χ0) is 16.4. The smallest absolute Gasteiger partial charge is 0.152 e. The Kier molecular flexibility index (Phi) is 3.93. The van der Waals surface area contributed by atoms with Crippen LogP contribution < -0.4 is 9.57 Å². The Morgan fingerprint density at radius 2 is 1.58 bits per heavy atom. The minimum atomic E-state index is 0.0762. The maximum Gasteiger partial charge on any atom is 0.152 e. The van der Waals surface area contributed by atoms with Gasteiger partial charge in [-0.1, -0.05) is 60.7 Å². The number of ether oxygens (including phenoxy) is 1. The van der Waals surface area contributed by atoms with Crippen molar-refractivity contribution in [2.75, 3.05) is 7.11 Å². The number of rotatable bonds is 4. The molecule has 3 nitrogen and oxygen atoms in total. The maximum absolute atomic E-state index is 6.14. The maximum atomic E-state index is 6.14. The second-order valence-corrected chi connectivity index (χ2v) is 5.87. The minimum absolute atomic E-state index is 0.0762. The van der Waals surface area contributed by atoms with Crippen molar-refractivity contribution in [1.29, 1.82) is 0 Å². The molecule has 0 bridgehead atoms. The van der Waals surface area contributed by atoms with Gasteiger partial charge in [0.25, 0.3) is 0 Å². The van der Waals surface area contributed by atoms with Gasteiger partial charge in [-0.2, -0.15) is 0 Å². The van der Waals surface area contributed by atoms with Crippen molar-refractivity contribution in [3.63, 3.8) is 0 Å². The first-order chi connectivity index (χ1) is 11.8. The molecule has 3 aromatic carbocycles. The third-order valence-corrected chi connectivity index (χ3v) is 4.33. The Balaban J connectivity index is 1.70. The van der Waals surface area contributed by atoms with Gasteiger partial charge in [0, 0.05) is 5.56 Å². The Labute approximate surface area is 142 Å². The van der Waals surface area contributed by atoms with Crippen molar-refractivity contribution in [2.45, 2.75) is 12.6 Å². The van der Waals surface area contributed by atoms with Crippen LogP contribution in [0.5, 0.6) is 11.5 Å². The summed E-state index contributed by atoms with van der Waals surface area (Å²) in [5.41, 5.74) is 3.61. The van der Waals surface area contributed by atoms with Crippen LogP contribution in [0, 0.1) is 0 Å². The number of hydroxylamine groups is 2. The standard InChI is InChI=1S/C21H19NO2/c1-23-18-13-11-17(12-14-18)21-19-9-5-6-10-20(19)24-22(21)15-16-7-3-2-4-8-16/h2-14,21H,15H2,1H3. The van der Waals surface area contributed by atoms with E-state index in [2.05, 4.69) is 48.5 Å². The molecule has 0 amide bonds. The fraction of sp³-hybridized carbons (Fsp3) is 0.143. The highest BCUT2D eigenvalue weighted by molar-refractivity contribution is 5.45. The number of fused-ring (bicyclic) bond motifs is 1. The molecule has 24 heavy (non-hydrogen) atoms. The summed E-state index contributed by atoms with van der Waals surface area (Å²) in [7, 11) is 1.69. The van der Waals surface area contributed by atoms with Gasteiger partial charge in [-0.05, 0) is 29.3 Å². The lowest BCUT2D eigenvalue weighted by molar-refractivity contribution is -0.0682. The van der Waals surface area contributed by atoms with Gasteiger partial charge in [0.2, 0.25) is 0 Å². The molecule has 0 spiro atoms. The highest BCUT2D eigenvalue weighted by Gasteiger charge is 2.33. The Morgan fingerprint density at radius 3 is 2.33 bits per heavy atom. The quantitative estimate of drug-likeness (QED) is 0.702. The topological polar surface area (TPSA) is 21.7 Å². The van der Waals surface area contributed by atoms with Crippen LogP contribution in [-0.4, -0.2) is 12.2 Å². The predicted octanol–water partition coefficient (Wildman–Crippen LogP) is 4.59. The van der Waals surface area contributed by atoms with Crippen LogP contribution in [0.2, 0.25) is 0 Å². The van der Waals surface area contributed by atoms with E-state index < -0.39 is 0 Å². The minimum Gasteiger partial charge on any atom is -0.497 e. The molecule has 1 unspecified atom stereocenters. The van der Waals surface area contributed by atoms with E-state index in [1.807, 2.05) is 35.4 Å². The number of nitrogens with zero attached hydrogens (tertiary/aromatic N) is 1. The van der Waals surface area contributed by atoms with Crippen LogP contribution in [0.3, 0.4) is 0 Å². The van der Waals surface area contributed by atoms with Crippen molar-refractivity contribution in [2.24, 2.45) is 0 Å². The molecule has 1 heterocycles. The van der Waals surface area contributed by atoms with Crippen LogP contribution in [0.1, 0.15) is 22.7 Å². The molecule has 0 saturated carbocycles. The van der Waals surface area contributed by atoms with E-state index in [1.54, 1.807) is 7.11 Å². The van der Waals surface area contributed by atoms with E-state index in [9.17, 15) is 0 Å². The first-order valence-corrected chi connectivity index (χ1v) is 8.06. The van der Waals surface area contributed by atoms with Crippen molar-refractivity contribution in [1.82, 2.24) is 5.06 Å². The fourth-order valence-electron chi connectivity index (χ4n) is 3.14. The first kappa shape index (κ1) is 14.8. The third kappa shape index (κ3) is 2.74. The number of methoxy groups -OCH3 is 1. The van der Waals surface area contributed by atoms with E-state index in [4.69, 9.17) is 9.57 Å². The molecule has 1 aliphatic rings. The lowest BCUT2D eigenvalue weighted by Crippen LogP contribution is -2.26. The van der Waals surface area contributed by atoms with Crippen LogP contribution >= 0.6 is 0 Å². The molecule has 0 aromatic heterocycles. The normalized spacial score (nSPS) is 16.5. The molecule has 0 N–H and O–H groups in total. The summed E-state index contributed by atoms with van der Waals surface area (Å²) < 4.78 is 5.28. The number of hydrogen-bond donors (Lipinski definition) is 0. The molecule has 0 aliphatic carbocycles. The van der Waals surface area contributed by atoms with Crippen molar-refractivity contribution in [3.8, 4) is 11.5 Å². The Bertz CT molecular complexity index is 815. The molecule has 1 atom stereocenters. The summed E-state index contributed by atoms with van der Waals surface area (Å²) in [4.78, 5) is 6.14. The third-order valence-electron chi connectivity index (χ3n) is 4.33. The summed E-state index contributed by atoms with van der Waals surface area (Å²) in [6, 6.07) is 26.9.